The Labute approximate surface area is 123 Å². The number of rotatable bonds is 5. The van der Waals surface area contributed by atoms with E-state index in [-0.39, 0.29) is 12.5 Å². The summed E-state index contributed by atoms with van der Waals surface area (Å²) in [6.07, 6.45) is 0. The van der Waals surface area contributed by atoms with Gasteiger partial charge in [0.05, 0.1) is 17.8 Å². The van der Waals surface area contributed by atoms with Crippen molar-refractivity contribution in [2.24, 2.45) is 0 Å². The van der Waals surface area contributed by atoms with E-state index in [0.717, 1.165) is 11.4 Å². The van der Waals surface area contributed by atoms with Gasteiger partial charge >= 0.3 is 0 Å². The Morgan fingerprint density at radius 2 is 2.10 bits per heavy atom. The van der Waals surface area contributed by atoms with E-state index >= 15 is 0 Å². The van der Waals surface area contributed by atoms with E-state index < -0.39 is 0 Å². The second-order valence-electron chi connectivity index (χ2n) is 4.44. The Bertz CT molecular complexity index is 677. The fourth-order valence-electron chi connectivity index (χ4n) is 1.77. The number of nitriles is 1. The Balaban J connectivity index is 1.84. The van der Waals surface area contributed by atoms with Crippen molar-refractivity contribution in [2.75, 3.05) is 6.61 Å². The fraction of sp³-hybridized carbons (Fsp3) is 0.188. The number of pyridine rings is 1. The number of ether oxygens (including phenoxy) is 1. The number of carbonyl (C=O) groups excluding carboxylic acids is 1. The quantitative estimate of drug-likeness (QED) is 0.909. The maximum Gasteiger partial charge on any atom is 0.258 e. The molecule has 0 spiro atoms. The molecule has 0 aliphatic heterocycles. The lowest BCUT2D eigenvalue weighted by molar-refractivity contribution is -0.123. The molecule has 1 N–H and O–H groups in total. The summed E-state index contributed by atoms with van der Waals surface area (Å²) in [5.74, 6) is 0.148. The van der Waals surface area contributed by atoms with Crippen molar-refractivity contribution < 1.29 is 9.53 Å². The average molecular weight is 281 g/mol. The maximum absolute atomic E-state index is 11.7. The van der Waals surface area contributed by atoms with Crippen LogP contribution in [0.2, 0.25) is 0 Å². The van der Waals surface area contributed by atoms with Gasteiger partial charge in [-0.15, -0.1) is 0 Å². The zero-order chi connectivity index (χ0) is 15.1. The Hall–Kier alpha value is -2.87. The Kier molecular flexibility index (Phi) is 4.89. The highest BCUT2D eigenvalue weighted by Crippen LogP contribution is 2.16. The second-order valence-corrected chi connectivity index (χ2v) is 4.44. The van der Waals surface area contributed by atoms with Gasteiger partial charge in [0.25, 0.3) is 5.91 Å². The lowest BCUT2D eigenvalue weighted by Crippen LogP contribution is -2.28. The van der Waals surface area contributed by atoms with Crippen LogP contribution in [0, 0.1) is 18.3 Å². The standard InChI is InChI=1S/C16H15N3O2/c1-12-5-4-7-14(19-12)10-18-16(20)11-21-15-8-3-2-6-13(15)9-17/h2-8H,10-11H2,1H3,(H,18,20). The summed E-state index contributed by atoms with van der Waals surface area (Å²) in [7, 11) is 0. The third kappa shape index (κ3) is 4.32. The van der Waals surface area contributed by atoms with Crippen molar-refractivity contribution in [1.29, 1.82) is 5.26 Å². The van der Waals surface area contributed by atoms with Gasteiger partial charge in [0.15, 0.2) is 6.61 Å². The first-order chi connectivity index (χ1) is 10.2. The molecule has 0 fully saturated rings. The molecular weight excluding hydrogens is 266 g/mol. The molecule has 5 heteroatoms. The molecular formula is C16H15N3O2. The predicted octanol–water partition coefficient (Wildman–Crippen LogP) is 1.96. The molecule has 0 aliphatic carbocycles. The zero-order valence-corrected chi connectivity index (χ0v) is 11.7. The first-order valence-corrected chi connectivity index (χ1v) is 6.50. The first-order valence-electron chi connectivity index (χ1n) is 6.50. The maximum atomic E-state index is 11.7. The van der Waals surface area contributed by atoms with Gasteiger partial charge in [0.1, 0.15) is 11.8 Å². The minimum atomic E-state index is -0.258. The highest BCUT2D eigenvalue weighted by atomic mass is 16.5. The van der Waals surface area contributed by atoms with Crippen LogP contribution >= 0.6 is 0 Å². The molecule has 1 aromatic carbocycles. The normalized spacial score (nSPS) is 9.71. The average Bonchev–Trinajstić information content (AvgIpc) is 2.51. The van der Waals surface area contributed by atoms with Crippen molar-refractivity contribution in [1.82, 2.24) is 10.3 Å². The first kappa shape index (κ1) is 14.5. The minimum Gasteiger partial charge on any atom is -0.482 e. The molecule has 2 rings (SSSR count). The third-order valence-electron chi connectivity index (χ3n) is 2.78. The van der Waals surface area contributed by atoms with Crippen LogP contribution < -0.4 is 10.1 Å². The van der Waals surface area contributed by atoms with Gasteiger partial charge in [-0.25, -0.2) is 0 Å². The van der Waals surface area contributed by atoms with Crippen molar-refractivity contribution in [3.63, 3.8) is 0 Å². The summed E-state index contributed by atoms with van der Waals surface area (Å²) >= 11 is 0. The molecule has 0 unspecified atom stereocenters. The number of hydrogen-bond acceptors (Lipinski definition) is 4. The molecule has 5 nitrogen and oxygen atoms in total. The van der Waals surface area contributed by atoms with Gasteiger partial charge < -0.3 is 10.1 Å². The van der Waals surface area contributed by atoms with E-state index in [0.29, 0.717) is 17.9 Å². The van der Waals surface area contributed by atoms with Crippen LogP contribution in [0.15, 0.2) is 42.5 Å². The largest absolute Gasteiger partial charge is 0.482 e. The molecule has 21 heavy (non-hydrogen) atoms. The number of carbonyl (C=O) groups is 1. The Morgan fingerprint density at radius 1 is 1.29 bits per heavy atom. The van der Waals surface area contributed by atoms with E-state index in [9.17, 15) is 4.79 Å². The third-order valence-corrected chi connectivity index (χ3v) is 2.78. The van der Waals surface area contributed by atoms with Gasteiger partial charge in [-0.05, 0) is 31.2 Å². The number of amides is 1. The number of nitrogens with one attached hydrogen (secondary N) is 1. The summed E-state index contributed by atoms with van der Waals surface area (Å²) in [6.45, 7) is 2.11. The summed E-state index contributed by atoms with van der Waals surface area (Å²) in [5.41, 5.74) is 2.10. The topological polar surface area (TPSA) is 75.0 Å². The van der Waals surface area contributed by atoms with Crippen LogP contribution in [0.5, 0.6) is 5.75 Å². The van der Waals surface area contributed by atoms with Crippen LogP contribution in [0.1, 0.15) is 17.0 Å². The van der Waals surface area contributed by atoms with Crippen LogP contribution in [-0.4, -0.2) is 17.5 Å². The van der Waals surface area contributed by atoms with E-state index in [1.165, 1.54) is 0 Å². The molecule has 1 aromatic heterocycles. The number of aryl methyl sites for hydroxylation is 1. The van der Waals surface area contributed by atoms with E-state index in [1.54, 1.807) is 24.3 Å². The van der Waals surface area contributed by atoms with Crippen LogP contribution in [0.3, 0.4) is 0 Å². The number of benzene rings is 1. The van der Waals surface area contributed by atoms with E-state index in [2.05, 4.69) is 10.3 Å². The number of nitrogens with zero attached hydrogens (tertiary/aromatic N) is 2. The predicted molar refractivity (Wildman–Crippen MR) is 77.5 cm³/mol. The molecule has 0 radical (unpaired) electrons. The highest BCUT2D eigenvalue weighted by Gasteiger charge is 2.06. The van der Waals surface area contributed by atoms with E-state index in [4.69, 9.17) is 10.00 Å². The van der Waals surface area contributed by atoms with Gasteiger partial charge in [-0.1, -0.05) is 18.2 Å². The molecule has 106 valence electrons. The van der Waals surface area contributed by atoms with Crippen LogP contribution in [-0.2, 0) is 11.3 Å². The van der Waals surface area contributed by atoms with Crippen LogP contribution in [0.25, 0.3) is 0 Å². The fourth-order valence-corrected chi connectivity index (χ4v) is 1.77. The lowest BCUT2D eigenvalue weighted by atomic mass is 10.2. The lowest BCUT2D eigenvalue weighted by Gasteiger charge is -2.08. The molecule has 0 atom stereocenters. The minimum absolute atomic E-state index is 0.134. The molecule has 0 saturated carbocycles. The van der Waals surface area contributed by atoms with Crippen molar-refractivity contribution >= 4 is 5.91 Å². The monoisotopic (exact) mass is 281 g/mol. The summed E-state index contributed by atoms with van der Waals surface area (Å²) in [5, 5.41) is 11.6. The second kappa shape index (κ2) is 7.06. The molecule has 2 aromatic rings. The van der Waals surface area contributed by atoms with Crippen molar-refractivity contribution in [2.45, 2.75) is 13.5 Å². The number of aromatic nitrogens is 1. The SMILES string of the molecule is Cc1cccc(CNC(=O)COc2ccccc2C#N)n1. The number of hydrogen-bond donors (Lipinski definition) is 1. The summed E-state index contributed by atoms with van der Waals surface area (Å²) in [6, 6.07) is 14.5. The smallest absolute Gasteiger partial charge is 0.258 e. The zero-order valence-electron chi connectivity index (χ0n) is 11.7. The molecule has 0 aliphatic rings. The van der Waals surface area contributed by atoms with Crippen molar-refractivity contribution in [3.8, 4) is 11.8 Å². The molecule has 0 saturated heterocycles. The van der Waals surface area contributed by atoms with Gasteiger partial charge in [0, 0.05) is 5.69 Å². The Morgan fingerprint density at radius 3 is 2.86 bits per heavy atom. The summed E-state index contributed by atoms with van der Waals surface area (Å²) in [4.78, 5) is 16.0. The molecule has 1 heterocycles. The highest BCUT2D eigenvalue weighted by molar-refractivity contribution is 5.77. The van der Waals surface area contributed by atoms with Crippen LogP contribution in [0.4, 0.5) is 0 Å². The summed E-state index contributed by atoms with van der Waals surface area (Å²) < 4.78 is 5.35. The molecule has 1 amide bonds. The molecule has 0 bridgehead atoms. The van der Waals surface area contributed by atoms with Crippen molar-refractivity contribution in [3.05, 3.63) is 59.4 Å². The van der Waals surface area contributed by atoms with E-state index in [1.807, 2.05) is 31.2 Å². The van der Waals surface area contributed by atoms with Gasteiger partial charge in [-0.2, -0.15) is 5.26 Å². The number of para-hydroxylation sites is 1. The van der Waals surface area contributed by atoms with Gasteiger partial charge in [0.2, 0.25) is 0 Å². The van der Waals surface area contributed by atoms with Gasteiger partial charge in [-0.3, -0.25) is 9.78 Å².